The van der Waals surface area contributed by atoms with Crippen molar-refractivity contribution in [3.8, 4) is 0 Å². The number of fused-ring (bicyclic) bond motifs is 2. The van der Waals surface area contributed by atoms with E-state index in [0.717, 1.165) is 11.1 Å². The third-order valence-corrected chi connectivity index (χ3v) is 5.85. The quantitative estimate of drug-likeness (QED) is 0.797. The molecule has 28 heavy (non-hydrogen) atoms. The molecule has 1 atom stereocenters. The molecule has 1 saturated heterocycles. The molecule has 7 heteroatoms. The molecule has 2 amide bonds. The van der Waals surface area contributed by atoms with E-state index < -0.39 is 11.7 Å². The summed E-state index contributed by atoms with van der Waals surface area (Å²) in [4.78, 5) is 29.0. The first kappa shape index (κ1) is 18.7. The minimum Gasteiger partial charge on any atom is -0.361 e. The van der Waals surface area contributed by atoms with Gasteiger partial charge in [-0.25, -0.2) is 0 Å². The van der Waals surface area contributed by atoms with E-state index in [4.69, 9.17) is 9.26 Å². The number of piperidine rings is 1. The van der Waals surface area contributed by atoms with Gasteiger partial charge in [0.1, 0.15) is 11.3 Å². The predicted octanol–water partition coefficient (Wildman–Crippen LogP) is 2.58. The Morgan fingerprint density at radius 3 is 2.46 bits per heavy atom. The Hall–Kier alpha value is -2.67. The van der Waals surface area contributed by atoms with Gasteiger partial charge in [-0.2, -0.15) is 0 Å². The zero-order valence-corrected chi connectivity index (χ0v) is 16.7. The van der Waals surface area contributed by atoms with Crippen molar-refractivity contribution in [1.82, 2.24) is 15.0 Å². The van der Waals surface area contributed by atoms with E-state index >= 15 is 0 Å². The van der Waals surface area contributed by atoms with Crippen LogP contribution in [-0.2, 0) is 15.1 Å². The van der Waals surface area contributed by atoms with Crippen molar-refractivity contribution in [2.24, 2.45) is 0 Å². The highest BCUT2D eigenvalue weighted by molar-refractivity contribution is 5.96. The van der Waals surface area contributed by atoms with Gasteiger partial charge in [0.05, 0.1) is 11.3 Å². The summed E-state index contributed by atoms with van der Waals surface area (Å²) in [6, 6.07) is 7.93. The molecule has 1 unspecified atom stereocenters. The number of aryl methyl sites for hydroxylation is 2. The van der Waals surface area contributed by atoms with Gasteiger partial charge >= 0.3 is 0 Å². The molecule has 2 aliphatic rings. The lowest BCUT2D eigenvalue weighted by Crippen LogP contribution is -2.45. The number of carbonyl (C=O) groups is 2. The van der Waals surface area contributed by atoms with Crippen LogP contribution in [0.5, 0.6) is 0 Å². The molecule has 2 aromatic rings. The molecule has 4 rings (SSSR count). The van der Waals surface area contributed by atoms with Gasteiger partial charge in [0.15, 0.2) is 6.10 Å². The zero-order valence-electron chi connectivity index (χ0n) is 16.7. The van der Waals surface area contributed by atoms with Crippen LogP contribution in [0.15, 0.2) is 28.8 Å². The first-order valence-electron chi connectivity index (χ1n) is 9.54. The lowest BCUT2D eigenvalue weighted by molar-refractivity contribution is -0.157. The summed E-state index contributed by atoms with van der Waals surface area (Å²) in [6.07, 6.45) is 0.711. The number of nitrogens with zero attached hydrogens (tertiary/aromatic N) is 3. The zero-order chi connectivity index (χ0) is 20.1. The van der Waals surface area contributed by atoms with E-state index in [2.05, 4.69) is 5.16 Å². The van der Waals surface area contributed by atoms with Crippen LogP contribution in [0.4, 0.5) is 0 Å². The molecular weight excluding hydrogens is 358 g/mol. The molecule has 0 N–H and O–H groups in total. The average molecular weight is 383 g/mol. The lowest BCUT2D eigenvalue weighted by Gasteiger charge is -2.39. The van der Waals surface area contributed by atoms with Gasteiger partial charge in [0.2, 0.25) is 0 Å². The van der Waals surface area contributed by atoms with Crippen LogP contribution in [0.25, 0.3) is 0 Å². The maximum Gasteiger partial charge on any atom is 0.259 e. The van der Waals surface area contributed by atoms with E-state index in [9.17, 15) is 9.59 Å². The monoisotopic (exact) mass is 383 g/mol. The Morgan fingerprint density at radius 1 is 1.18 bits per heavy atom. The number of ether oxygens (including phenoxy) is 1. The van der Waals surface area contributed by atoms with E-state index in [0.29, 0.717) is 42.9 Å². The topological polar surface area (TPSA) is 75.9 Å². The normalized spacial score (nSPS) is 20.3. The number of likely N-dealkylation sites (tertiary alicyclic amines) is 1. The molecule has 148 valence electrons. The molecule has 1 aromatic carbocycles. The summed E-state index contributed by atoms with van der Waals surface area (Å²) in [5.74, 6) is 0.429. The van der Waals surface area contributed by atoms with Crippen molar-refractivity contribution in [2.75, 3.05) is 27.2 Å². The molecule has 1 spiro atoms. The van der Waals surface area contributed by atoms with E-state index in [1.54, 1.807) is 32.8 Å². The molecule has 0 saturated carbocycles. The van der Waals surface area contributed by atoms with Crippen molar-refractivity contribution >= 4 is 11.8 Å². The maximum atomic E-state index is 12.9. The number of hydrogen-bond donors (Lipinski definition) is 0. The summed E-state index contributed by atoms with van der Waals surface area (Å²) < 4.78 is 11.5. The van der Waals surface area contributed by atoms with Crippen molar-refractivity contribution in [2.45, 2.75) is 38.4 Å². The van der Waals surface area contributed by atoms with Crippen LogP contribution < -0.4 is 0 Å². The average Bonchev–Trinajstić information content (AvgIpc) is 3.19. The summed E-state index contributed by atoms with van der Waals surface area (Å²) in [6.45, 7) is 4.65. The van der Waals surface area contributed by atoms with Gasteiger partial charge < -0.3 is 19.1 Å². The highest BCUT2D eigenvalue weighted by Gasteiger charge is 2.49. The number of benzene rings is 1. The van der Waals surface area contributed by atoms with Crippen molar-refractivity contribution in [3.05, 3.63) is 52.4 Å². The van der Waals surface area contributed by atoms with Crippen LogP contribution in [0.1, 0.15) is 51.9 Å². The number of amides is 2. The highest BCUT2D eigenvalue weighted by Crippen LogP contribution is 2.49. The molecule has 7 nitrogen and oxygen atoms in total. The molecule has 1 aromatic heterocycles. The maximum absolute atomic E-state index is 12.9. The van der Waals surface area contributed by atoms with E-state index in [1.807, 2.05) is 29.2 Å². The number of likely N-dealkylation sites (N-methyl/N-ethyl adjacent to an activating group) is 1. The molecule has 0 aliphatic carbocycles. The molecular formula is C21H25N3O4. The third-order valence-electron chi connectivity index (χ3n) is 5.85. The predicted molar refractivity (Wildman–Crippen MR) is 102 cm³/mol. The van der Waals surface area contributed by atoms with Gasteiger partial charge in [0.25, 0.3) is 11.8 Å². The Labute approximate surface area is 164 Å². The number of carbonyl (C=O) groups excluding carboxylic acids is 2. The number of rotatable bonds is 2. The van der Waals surface area contributed by atoms with Crippen LogP contribution in [-0.4, -0.2) is 54.0 Å². The first-order valence-corrected chi connectivity index (χ1v) is 9.54. The Kier molecular flexibility index (Phi) is 4.50. The molecule has 0 bridgehead atoms. The van der Waals surface area contributed by atoms with Crippen LogP contribution in [0, 0.1) is 13.8 Å². The standard InChI is InChI=1S/C21H25N3O4/c1-13-17(14(2)28-22-13)19(25)24-11-9-21(10-12-24)16-8-6-5-7-15(16)18(27-21)20(26)23(3)4/h5-8,18H,9-12H2,1-4H3. The fourth-order valence-electron chi connectivity index (χ4n) is 4.32. The fraction of sp³-hybridized carbons (Fsp3) is 0.476. The van der Waals surface area contributed by atoms with Gasteiger partial charge in [-0.15, -0.1) is 0 Å². The minimum absolute atomic E-state index is 0.0569. The molecule has 3 heterocycles. The van der Waals surface area contributed by atoms with Crippen molar-refractivity contribution in [3.63, 3.8) is 0 Å². The highest BCUT2D eigenvalue weighted by atomic mass is 16.5. The first-order chi connectivity index (χ1) is 13.3. The molecule has 0 radical (unpaired) electrons. The van der Waals surface area contributed by atoms with Gasteiger partial charge in [-0.05, 0) is 37.8 Å². The van der Waals surface area contributed by atoms with Crippen LogP contribution in [0.3, 0.4) is 0 Å². The Balaban J connectivity index is 1.57. The summed E-state index contributed by atoms with van der Waals surface area (Å²) >= 11 is 0. The van der Waals surface area contributed by atoms with Crippen molar-refractivity contribution in [1.29, 1.82) is 0 Å². The van der Waals surface area contributed by atoms with Gasteiger partial charge in [-0.1, -0.05) is 29.4 Å². The summed E-state index contributed by atoms with van der Waals surface area (Å²) in [5.41, 5.74) is 2.64. The smallest absolute Gasteiger partial charge is 0.259 e. The largest absolute Gasteiger partial charge is 0.361 e. The Bertz CT molecular complexity index is 906. The second-order valence-corrected chi connectivity index (χ2v) is 7.80. The molecule has 2 aliphatic heterocycles. The number of aromatic nitrogens is 1. The Morgan fingerprint density at radius 2 is 1.86 bits per heavy atom. The fourth-order valence-corrected chi connectivity index (χ4v) is 4.32. The second-order valence-electron chi connectivity index (χ2n) is 7.80. The van der Waals surface area contributed by atoms with Crippen molar-refractivity contribution < 1.29 is 18.8 Å². The number of hydrogen-bond acceptors (Lipinski definition) is 5. The van der Waals surface area contributed by atoms with E-state index in [1.165, 1.54) is 0 Å². The summed E-state index contributed by atoms with van der Waals surface area (Å²) in [7, 11) is 3.48. The second kappa shape index (κ2) is 6.74. The van der Waals surface area contributed by atoms with Gasteiger partial charge in [-0.3, -0.25) is 9.59 Å². The summed E-state index contributed by atoms with van der Waals surface area (Å²) in [5, 5.41) is 3.89. The van der Waals surface area contributed by atoms with Crippen LogP contribution in [0.2, 0.25) is 0 Å². The minimum atomic E-state index is -0.587. The third kappa shape index (κ3) is 2.81. The molecule has 1 fully saturated rings. The lowest BCUT2D eigenvalue weighted by atomic mass is 9.83. The van der Waals surface area contributed by atoms with Gasteiger partial charge in [0, 0.05) is 27.2 Å². The van der Waals surface area contributed by atoms with Crippen LogP contribution >= 0.6 is 0 Å². The van der Waals surface area contributed by atoms with E-state index in [-0.39, 0.29) is 11.8 Å². The SMILES string of the molecule is Cc1noc(C)c1C(=O)N1CCC2(CC1)OC(C(=O)N(C)C)c1ccccc12.